The molecule has 31 heavy (non-hydrogen) atoms. The van der Waals surface area contributed by atoms with Crippen molar-refractivity contribution in [3.8, 4) is 34.8 Å². The molecule has 5 rings (SSSR count). The van der Waals surface area contributed by atoms with E-state index in [0.717, 1.165) is 40.7 Å². The van der Waals surface area contributed by atoms with Crippen LogP contribution in [-0.4, -0.2) is 0 Å². The molecule has 0 atom stereocenters. The summed E-state index contributed by atoms with van der Waals surface area (Å²) >= 11 is 0. The van der Waals surface area contributed by atoms with Gasteiger partial charge in [0.2, 0.25) is 0 Å². The maximum atomic E-state index is 13.8. The van der Waals surface area contributed by atoms with Crippen LogP contribution in [0.3, 0.4) is 0 Å². The van der Waals surface area contributed by atoms with Crippen LogP contribution in [0.1, 0.15) is 11.1 Å². The second kappa shape index (κ2) is 7.33. The molecule has 0 N–H and O–H groups in total. The van der Waals surface area contributed by atoms with Crippen LogP contribution in [0.4, 0.5) is 21.5 Å². The van der Waals surface area contributed by atoms with Gasteiger partial charge in [-0.05, 0) is 54.1 Å². The molecule has 0 aliphatic carbocycles. The lowest BCUT2D eigenvalue weighted by atomic mass is 9.95. The predicted octanol–water partition coefficient (Wildman–Crippen LogP) is 6.81. The van der Waals surface area contributed by atoms with Crippen molar-refractivity contribution in [3.63, 3.8) is 0 Å². The summed E-state index contributed by atoms with van der Waals surface area (Å²) < 4.78 is 19.8. The Hall–Kier alpha value is -4.61. The lowest BCUT2D eigenvalue weighted by Crippen LogP contribution is -2.15. The topological polar surface area (TPSA) is 60.0 Å². The second-order valence-electron chi connectivity index (χ2n) is 7.02. The molecule has 0 spiro atoms. The summed E-state index contributed by atoms with van der Waals surface area (Å²) in [6.45, 7) is 0. The number of nitrogens with zero attached hydrogens (tertiary/aromatic N) is 3. The molecule has 0 saturated heterocycles. The summed E-state index contributed by atoms with van der Waals surface area (Å²) in [5.41, 5.74) is 4.08. The van der Waals surface area contributed by atoms with Gasteiger partial charge in [0, 0.05) is 11.3 Å². The van der Waals surface area contributed by atoms with E-state index in [4.69, 9.17) is 4.74 Å². The van der Waals surface area contributed by atoms with Crippen molar-refractivity contribution in [2.24, 2.45) is 0 Å². The van der Waals surface area contributed by atoms with Crippen molar-refractivity contribution in [2.45, 2.75) is 0 Å². The third-order valence-corrected chi connectivity index (χ3v) is 5.19. The normalized spacial score (nSPS) is 11.5. The molecule has 0 radical (unpaired) electrons. The summed E-state index contributed by atoms with van der Waals surface area (Å²) in [6.07, 6.45) is 0. The molecule has 4 aromatic rings. The van der Waals surface area contributed by atoms with E-state index in [-0.39, 0.29) is 11.1 Å². The molecule has 5 heteroatoms. The average molecular weight is 403 g/mol. The summed E-state index contributed by atoms with van der Waals surface area (Å²) in [5, 5.41) is 18.9. The van der Waals surface area contributed by atoms with Gasteiger partial charge >= 0.3 is 0 Å². The summed E-state index contributed by atoms with van der Waals surface area (Å²) in [7, 11) is 0. The minimum Gasteiger partial charge on any atom is -0.453 e. The highest BCUT2D eigenvalue weighted by Crippen LogP contribution is 2.50. The third kappa shape index (κ3) is 3.06. The smallest absolute Gasteiger partial charge is 0.151 e. The fourth-order valence-electron chi connectivity index (χ4n) is 3.85. The fraction of sp³-hybridized carbons (Fsp3) is 0. The van der Waals surface area contributed by atoms with Crippen LogP contribution in [-0.2, 0) is 0 Å². The van der Waals surface area contributed by atoms with Crippen LogP contribution in [0.2, 0.25) is 0 Å². The Morgan fingerprint density at radius 3 is 1.74 bits per heavy atom. The zero-order valence-electron chi connectivity index (χ0n) is 16.2. The monoisotopic (exact) mass is 403 g/mol. The van der Waals surface area contributed by atoms with Crippen molar-refractivity contribution in [3.05, 3.63) is 102 Å². The molecule has 146 valence electrons. The number of nitriles is 2. The highest BCUT2D eigenvalue weighted by Gasteiger charge is 2.25. The van der Waals surface area contributed by atoms with Crippen molar-refractivity contribution >= 4 is 17.1 Å². The molecule has 0 unspecified atom stereocenters. The van der Waals surface area contributed by atoms with E-state index in [0.29, 0.717) is 11.1 Å². The number of ether oxygens (including phenoxy) is 1. The summed E-state index contributed by atoms with van der Waals surface area (Å²) in [6, 6.07) is 29.4. The highest BCUT2D eigenvalue weighted by atomic mass is 19.1. The average Bonchev–Trinajstić information content (AvgIpc) is 2.82. The van der Waals surface area contributed by atoms with E-state index < -0.39 is 5.82 Å². The van der Waals surface area contributed by atoms with Gasteiger partial charge in [-0.3, -0.25) is 0 Å². The van der Waals surface area contributed by atoms with E-state index in [1.807, 2.05) is 84.9 Å². The maximum absolute atomic E-state index is 13.8. The van der Waals surface area contributed by atoms with Crippen molar-refractivity contribution in [2.75, 3.05) is 4.90 Å². The van der Waals surface area contributed by atoms with Gasteiger partial charge in [0.05, 0.1) is 34.6 Å². The van der Waals surface area contributed by atoms with Gasteiger partial charge in [-0.1, -0.05) is 36.4 Å². The number of benzene rings is 4. The van der Waals surface area contributed by atoms with Crippen LogP contribution >= 0.6 is 0 Å². The Bertz CT molecular complexity index is 1320. The first kappa shape index (κ1) is 18.4. The minimum atomic E-state index is -0.602. The van der Waals surface area contributed by atoms with E-state index in [1.54, 1.807) is 0 Å². The van der Waals surface area contributed by atoms with Crippen LogP contribution in [0.15, 0.2) is 84.9 Å². The number of hydrogen-bond acceptors (Lipinski definition) is 4. The van der Waals surface area contributed by atoms with Crippen LogP contribution in [0.25, 0.3) is 11.1 Å². The molecule has 4 nitrogen and oxygen atoms in total. The fourth-order valence-corrected chi connectivity index (χ4v) is 3.85. The van der Waals surface area contributed by atoms with Gasteiger partial charge in [-0.2, -0.15) is 10.5 Å². The van der Waals surface area contributed by atoms with Gasteiger partial charge in [-0.25, -0.2) is 4.39 Å². The standard InChI is InChI=1S/C26H14FN3O/c27-20-13-18(15-28)26(19(14-20)16-29)17-9-11-21(12-10-17)30-22-5-1-3-7-24(22)31-25-8-4-2-6-23(25)30/h1-14H. The number of halogens is 1. The van der Waals surface area contributed by atoms with Gasteiger partial charge < -0.3 is 9.64 Å². The number of hydrogen-bond donors (Lipinski definition) is 0. The predicted molar refractivity (Wildman–Crippen MR) is 116 cm³/mol. The number of rotatable bonds is 2. The Morgan fingerprint density at radius 2 is 1.23 bits per heavy atom. The molecule has 0 fully saturated rings. The summed E-state index contributed by atoms with van der Waals surface area (Å²) in [4.78, 5) is 2.10. The van der Waals surface area contributed by atoms with Crippen molar-refractivity contribution < 1.29 is 9.13 Å². The molecule has 1 aliphatic rings. The first-order valence-corrected chi connectivity index (χ1v) is 9.60. The Morgan fingerprint density at radius 1 is 0.710 bits per heavy atom. The van der Waals surface area contributed by atoms with Crippen molar-refractivity contribution in [1.29, 1.82) is 10.5 Å². The van der Waals surface area contributed by atoms with Crippen LogP contribution in [0, 0.1) is 28.5 Å². The van der Waals surface area contributed by atoms with Crippen LogP contribution < -0.4 is 9.64 Å². The van der Waals surface area contributed by atoms with Gasteiger partial charge in [0.1, 0.15) is 5.82 Å². The quantitative estimate of drug-likeness (QED) is 0.325. The van der Waals surface area contributed by atoms with Gasteiger partial charge in [-0.15, -0.1) is 0 Å². The largest absolute Gasteiger partial charge is 0.453 e. The Balaban J connectivity index is 1.64. The van der Waals surface area contributed by atoms with Gasteiger partial charge in [0.15, 0.2) is 11.5 Å². The molecule has 1 heterocycles. The highest BCUT2D eigenvalue weighted by molar-refractivity contribution is 5.87. The lowest BCUT2D eigenvalue weighted by molar-refractivity contribution is 0.477. The van der Waals surface area contributed by atoms with E-state index in [9.17, 15) is 14.9 Å². The number of anilines is 3. The SMILES string of the molecule is N#Cc1cc(F)cc(C#N)c1-c1ccc(N2c3ccccc3Oc3ccccc32)cc1. The first-order chi connectivity index (χ1) is 15.2. The van der Waals surface area contributed by atoms with Crippen molar-refractivity contribution in [1.82, 2.24) is 0 Å². The van der Waals surface area contributed by atoms with E-state index >= 15 is 0 Å². The maximum Gasteiger partial charge on any atom is 0.151 e. The zero-order valence-corrected chi connectivity index (χ0v) is 16.2. The molecule has 0 saturated carbocycles. The molecule has 1 aliphatic heterocycles. The molecule has 0 amide bonds. The molecular formula is C26H14FN3O. The second-order valence-corrected chi connectivity index (χ2v) is 7.02. The van der Waals surface area contributed by atoms with Crippen LogP contribution in [0.5, 0.6) is 11.5 Å². The minimum absolute atomic E-state index is 0.131. The number of fused-ring (bicyclic) bond motifs is 2. The Kier molecular flexibility index (Phi) is 4.36. The van der Waals surface area contributed by atoms with E-state index in [2.05, 4.69) is 4.90 Å². The van der Waals surface area contributed by atoms with Gasteiger partial charge in [0.25, 0.3) is 0 Å². The lowest BCUT2D eigenvalue weighted by Gasteiger charge is -2.32. The summed E-state index contributed by atoms with van der Waals surface area (Å²) in [5.74, 6) is 0.902. The molecule has 0 aromatic heterocycles. The molecule has 0 bridgehead atoms. The zero-order chi connectivity index (χ0) is 21.4. The Labute approximate surface area is 178 Å². The number of para-hydroxylation sites is 4. The molecular weight excluding hydrogens is 389 g/mol. The molecule has 4 aromatic carbocycles. The first-order valence-electron chi connectivity index (χ1n) is 9.60. The van der Waals surface area contributed by atoms with E-state index in [1.165, 1.54) is 0 Å². The third-order valence-electron chi connectivity index (χ3n) is 5.19.